The van der Waals surface area contributed by atoms with Crippen LogP contribution in [0.15, 0.2) is 0 Å². The third-order valence-corrected chi connectivity index (χ3v) is 8.16. The first-order valence-electron chi connectivity index (χ1n) is 17.0. The lowest BCUT2D eigenvalue weighted by Gasteiger charge is -2.26. The summed E-state index contributed by atoms with van der Waals surface area (Å²) in [6.07, 6.45) is 33.4. The van der Waals surface area contributed by atoms with Gasteiger partial charge in [0, 0.05) is 18.5 Å². The van der Waals surface area contributed by atoms with Crippen LogP contribution in [0.1, 0.15) is 181 Å². The first-order chi connectivity index (χ1) is 18.1. The van der Waals surface area contributed by atoms with Crippen molar-refractivity contribution in [2.24, 2.45) is 11.7 Å². The lowest BCUT2D eigenvalue weighted by molar-refractivity contribution is -0.0900. The monoisotopic (exact) mass is 527 g/mol. The van der Waals surface area contributed by atoms with Gasteiger partial charge in [-0.3, -0.25) is 0 Å². The second kappa shape index (κ2) is 30.4. The molecule has 4 nitrogen and oxygen atoms in total. The Labute approximate surface area is 233 Å². The van der Waals surface area contributed by atoms with Crippen LogP contribution < -0.4 is 11.1 Å². The molecule has 2 atom stereocenters. The molecule has 0 amide bonds. The highest BCUT2D eigenvalue weighted by Gasteiger charge is 2.23. The summed E-state index contributed by atoms with van der Waals surface area (Å²) < 4.78 is 0. The molecule has 0 saturated carbocycles. The van der Waals surface area contributed by atoms with E-state index in [1.165, 1.54) is 154 Å². The molecule has 0 rings (SSSR count). The second-order valence-corrected chi connectivity index (χ2v) is 11.9. The lowest BCUT2D eigenvalue weighted by Crippen LogP contribution is -2.44. The highest BCUT2D eigenvalue weighted by atomic mass is 16.5. The van der Waals surface area contributed by atoms with Crippen molar-refractivity contribution >= 4 is 0 Å². The summed E-state index contributed by atoms with van der Waals surface area (Å²) in [6.45, 7) is 6.11. The van der Waals surface area contributed by atoms with Crippen molar-refractivity contribution in [1.29, 1.82) is 0 Å². The van der Waals surface area contributed by atoms with E-state index in [-0.39, 0.29) is 12.0 Å². The third-order valence-electron chi connectivity index (χ3n) is 8.16. The number of hydrogen-bond acceptors (Lipinski definition) is 4. The van der Waals surface area contributed by atoms with Gasteiger partial charge in [0.05, 0.1) is 0 Å². The molecule has 0 fully saturated rings. The summed E-state index contributed by atoms with van der Waals surface area (Å²) in [5.74, 6) is -0.269. The van der Waals surface area contributed by atoms with Crippen LogP contribution in [-0.4, -0.2) is 35.6 Å². The quantitative estimate of drug-likeness (QED) is 0.0536. The van der Waals surface area contributed by atoms with Crippen molar-refractivity contribution in [3.63, 3.8) is 0 Å². The zero-order valence-electron chi connectivity index (χ0n) is 25.5. The Balaban J connectivity index is 3.52. The molecule has 0 aromatic heterocycles. The Kier molecular flexibility index (Phi) is 30.3. The van der Waals surface area contributed by atoms with Gasteiger partial charge in [-0.05, 0) is 19.4 Å². The Bertz CT molecular complexity index is 419. The molecule has 0 aliphatic heterocycles. The molecule has 2 unspecified atom stereocenters. The number of nitrogens with two attached hydrogens (primary N) is 1. The Morgan fingerprint density at radius 3 is 1.16 bits per heavy atom. The zero-order chi connectivity index (χ0) is 27.2. The van der Waals surface area contributed by atoms with Gasteiger partial charge < -0.3 is 21.3 Å². The van der Waals surface area contributed by atoms with Gasteiger partial charge in [0.1, 0.15) is 0 Å². The molecule has 37 heavy (non-hydrogen) atoms. The molecule has 0 spiro atoms. The molecular weight excluding hydrogens is 456 g/mol. The molecule has 0 radical (unpaired) electrons. The largest absolute Gasteiger partial charge is 0.368 e. The maximum atomic E-state index is 9.82. The van der Waals surface area contributed by atoms with E-state index < -0.39 is 6.29 Å². The summed E-state index contributed by atoms with van der Waals surface area (Å²) in [6, 6.07) is -0.137. The Hall–Kier alpha value is -0.160. The van der Waals surface area contributed by atoms with Gasteiger partial charge in [0.2, 0.25) is 0 Å². The van der Waals surface area contributed by atoms with Crippen molar-refractivity contribution in [3.05, 3.63) is 0 Å². The van der Waals surface area contributed by atoms with Gasteiger partial charge in [-0.1, -0.05) is 168 Å². The van der Waals surface area contributed by atoms with Crippen molar-refractivity contribution in [1.82, 2.24) is 5.32 Å². The van der Waals surface area contributed by atoms with Crippen LogP contribution in [0.3, 0.4) is 0 Å². The van der Waals surface area contributed by atoms with Gasteiger partial charge in [0.15, 0.2) is 6.29 Å². The molecular formula is C33H70N2O2. The van der Waals surface area contributed by atoms with Crippen LogP contribution in [0.5, 0.6) is 0 Å². The van der Waals surface area contributed by atoms with Gasteiger partial charge >= 0.3 is 0 Å². The zero-order valence-corrected chi connectivity index (χ0v) is 25.5. The predicted molar refractivity (Wildman–Crippen MR) is 164 cm³/mol. The summed E-state index contributed by atoms with van der Waals surface area (Å²) in [4.78, 5) is 0. The minimum absolute atomic E-state index is 0.137. The van der Waals surface area contributed by atoms with Crippen LogP contribution in [-0.2, 0) is 0 Å². The number of unbranched alkanes of at least 4 members (excludes halogenated alkanes) is 23. The molecule has 0 bridgehead atoms. The van der Waals surface area contributed by atoms with E-state index in [1.807, 2.05) is 0 Å². The van der Waals surface area contributed by atoms with Crippen molar-refractivity contribution < 1.29 is 10.2 Å². The van der Waals surface area contributed by atoms with Crippen LogP contribution in [0.2, 0.25) is 0 Å². The normalized spacial score (nSPS) is 13.5. The van der Waals surface area contributed by atoms with Crippen LogP contribution in [0.25, 0.3) is 0 Å². The summed E-state index contributed by atoms with van der Waals surface area (Å²) in [7, 11) is 0. The van der Waals surface area contributed by atoms with Gasteiger partial charge in [0.25, 0.3) is 0 Å². The molecule has 5 N–H and O–H groups in total. The molecule has 0 aliphatic carbocycles. The van der Waals surface area contributed by atoms with Crippen molar-refractivity contribution in [2.75, 3.05) is 13.1 Å². The number of rotatable bonds is 31. The fourth-order valence-electron chi connectivity index (χ4n) is 5.45. The molecule has 0 aromatic carbocycles. The Morgan fingerprint density at radius 1 is 0.486 bits per heavy atom. The topological polar surface area (TPSA) is 78.5 Å². The van der Waals surface area contributed by atoms with E-state index in [0.29, 0.717) is 6.54 Å². The number of aliphatic hydroxyl groups is 2. The van der Waals surface area contributed by atoms with E-state index in [1.54, 1.807) is 0 Å². The van der Waals surface area contributed by atoms with Gasteiger partial charge in [-0.2, -0.15) is 0 Å². The highest BCUT2D eigenvalue weighted by Crippen LogP contribution is 2.16. The van der Waals surface area contributed by atoms with Crippen LogP contribution >= 0.6 is 0 Å². The average Bonchev–Trinajstić information content (AvgIpc) is 2.88. The molecule has 0 saturated heterocycles. The molecule has 0 aliphatic rings. The second-order valence-electron chi connectivity index (χ2n) is 11.9. The Morgan fingerprint density at radius 2 is 0.811 bits per heavy atom. The molecule has 224 valence electrons. The van der Waals surface area contributed by atoms with E-state index in [2.05, 4.69) is 19.2 Å². The lowest BCUT2D eigenvalue weighted by atomic mass is 9.94. The van der Waals surface area contributed by atoms with E-state index in [9.17, 15) is 10.2 Å². The summed E-state index contributed by atoms with van der Waals surface area (Å²) in [5, 5.41) is 23.1. The standard InChI is InChI=1S/C33H70N2O2/c1-3-5-7-9-11-13-15-16-17-19-21-23-25-27-29-35-30-31(33(36)37)32(34)28-26-24-22-20-18-14-12-10-8-6-4-2/h31-33,35-37H,3-30,34H2,1-2H3. The maximum Gasteiger partial charge on any atom is 0.156 e. The maximum absolute atomic E-state index is 9.82. The fraction of sp³-hybridized carbons (Fsp3) is 1.00. The highest BCUT2D eigenvalue weighted by molar-refractivity contribution is 4.77. The summed E-state index contributed by atoms with van der Waals surface area (Å²) >= 11 is 0. The summed E-state index contributed by atoms with van der Waals surface area (Å²) in [5.41, 5.74) is 6.35. The smallest absolute Gasteiger partial charge is 0.156 e. The fourth-order valence-corrected chi connectivity index (χ4v) is 5.45. The SMILES string of the molecule is CCCCCCCCCCCCCCCCNCC(C(O)O)C(N)CCCCCCCCCCCCC. The molecule has 0 aromatic rings. The van der Waals surface area contributed by atoms with E-state index >= 15 is 0 Å². The van der Waals surface area contributed by atoms with Crippen LogP contribution in [0, 0.1) is 5.92 Å². The molecule has 0 heterocycles. The minimum atomic E-state index is -1.33. The first kappa shape index (κ1) is 36.8. The minimum Gasteiger partial charge on any atom is -0.368 e. The first-order valence-corrected chi connectivity index (χ1v) is 17.0. The van der Waals surface area contributed by atoms with Crippen molar-refractivity contribution in [3.8, 4) is 0 Å². The van der Waals surface area contributed by atoms with Gasteiger partial charge in [-0.25, -0.2) is 0 Å². The van der Waals surface area contributed by atoms with E-state index in [4.69, 9.17) is 5.73 Å². The molecule has 4 heteroatoms. The number of nitrogens with one attached hydrogen (secondary N) is 1. The number of hydrogen-bond donors (Lipinski definition) is 4. The average molecular weight is 527 g/mol. The van der Waals surface area contributed by atoms with Crippen molar-refractivity contribution in [2.45, 2.75) is 193 Å². The van der Waals surface area contributed by atoms with Gasteiger partial charge in [-0.15, -0.1) is 0 Å². The van der Waals surface area contributed by atoms with E-state index in [0.717, 1.165) is 19.4 Å². The third kappa shape index (κ3) is 27.2. The number of aliphatic hydroxyl groups excluding tert-OH is 1. The van der Waals surface area contributed by atoms with Crippen LogP contribution in [0.4, 0.5) is 0 Å². The predicted octanol–water partition coefficient (Wildman–Crippen LogP) is 9.01.